The Labute approximate surface area is 146 Å². The summed E-state index contributed by atoms with van der Waals surface area (Å²) in [5.41, 5.74) is 1.54. The van der Waals surface area contributed by atoms with Crippen molar-refractivity contribution in [2.45, 2.75) is 19.4 Å². The lowest BCUT2D eigenvalue weighted by Crippen LogP contribution is -2.39. The van der Waals surface area contributed by atoms with E-state index in [0.29, 0.717) is 31.1 Å². The van der Waals surface area contributed by atoms with E-state index in [0.717, 1.165) is 5.56 Å². The van der Waals surface area contributed by atoms with E-state index >= 15 is 0 Å². The van der Waals surface area contributed by atoms with E-state index in [-0.39, 0.29) is 24.2 Å². The molecule has 1 N–H and O–H groups in total. The topological polar surface area (TPSA) is 71.5 Å². The van der Waals surface area contributed by atoms with Gasteiger partial charge >= 0.3 is 0 Å². The number of carbonyl (C=O) groups is 2. The van der Waals surface area contributed by atoms with Crippen molar-refractivity contribution in [2.24, 2.45) is 5.92 Å². The molecule has 1 saturated heterocycles. The van der Waals surface area contributed by atoms with Gasteiger partial charge in [-0.15, -0.1) is 0 Å². The molecule has 1 aliphatic rings. The number of nitrogens with zero attached hydrogens (tertiary/aromatic N) is 2. The molecular formula is C19H21N3O3. The largest absolute Gasteiger partial charge is 0.471 e. The molecule has 0 radical (unpaired) electrons. The van der Waals surface area contributed by atoms with Crippen LogP contribution in [0.25, 0.3) is 0 Å². The maximum absolute atomic E-state index is 12.5. The van der Waals surface area contributed by atoms with Crippen molar-refractivity contribution in [1.82, 2.24) is 9.88 Å². The van der Waals surface area contributed by atoms with Gasteiger partial charge in [0.1, 0.15) is 12.3 Å². The van der Waals surface area contributed by atoms with Crippen LogP contribution in [0.3, 0.4) is 0 Å². The van der Waals surface area contributed by atoms with Crippen molar-refractivity contribution >= 4 is 17.5 Å². The highest BCUT2D eigenvalue weighted by molar-refractivity contribution is 5.96. The Bertz CT molecular complexity index is 749. The fourth-order valence-corrected chi connectivity index (χ4v) is 2.73. The number of rotatable bonds is 5. The second-order valence-electron chi connectivity index (χ2n) is 6.12. The Kier molecular flexibility index (Phi) is 5.28. The number of likely N-dealkylation sites (tertiary alicyclic amines) is 1. The number of anilines is 1. The summed E-state index contributed by atoms with van der Waals surface area (Å²) in [5, 5.41) is 2.85. The van der Waals surface area contributed by atoms with E-state index in [9.17, 15) is 9.59 Å². The van der Waals surface area contributed by atoms with Crippen molar-refractivity contribution in [2.75, 3.05) is 18.9 Å². The molecule has 2 aromatic rings. The monoisotopic (exact) mass is 339 g/mol. The molecular weight excluding hydrogens is 318 g/mol. The predicted octanol–water partition coefficient (Wildman–Crippen LogP) is 2.47. The molecule has 6 nitrogen and oxygen atoms in total. The maximum Gasteiger partial charge on any atom is 0.238 e. The van der Waals surface area contributed by atoms with E-state index in [1.54, 1.807) is 30.3 Å². The van der Waals surface area contributed by atoms with E-state index < -0.39 is 0 Å². The molecule has 0 aliphatic carbocycles. The minimum atomic E-state index is -0.314. The predicted molar refractivity (Wildman–Crippen MR) is 94.0 cm³/mol. The Hall–Kier alpha value is -2.89. The third-order valence-corrected chi connectivity index (χ3v) is 4.28. The third kappa shape index (κ3) is 4.35. The first-order valence-electron chi connectivity index (χ1n) is 8.30. The lowest BCUT2D eigenvalue weighted by Gasteiger charge is -2.28. The zero-order valence-corrected chi connectivity index (χ0v) is 14.1. The van der Waals surface area contributed by atoms with Gasteiger partial charge in [0.2, 0.25) is 17.7 Å². The minimum Gasteiger partial charge on any atom is -0.471 e. The Balaban J connectivity index is 1.64. The van der Waals surface area contributed by atoms with Crippen LogP contribution in [0, 0.1) is 5.92 Å². The molecule has 2 amide bonds. The standard InChI is InChI=1S/C19H21N3O3/c1-22-11-9-15(12-17(22)23)18(24)21-16-8-5-10-20-19(16)25-13-14-6-3-2-4-7-14/h2-8,10,15H,9,11-13H2,1H3,(H,21,24). The van der Waals surface area contributed by atoms with Gasteiger partial charge in [0.25, 0.3) is 0 Å². The smallest absolute Gasteiger partial charge is 0.238 e. The van der Waals surface area contributed by atoms with Crippen LogP contribution >= 0.6 is 0 Å². The van der Waals surface area contributed by atoms with E-state index in [2.05, 4.69) is 10.3 Å². The first kappa shape index (κ1) is 17.0. The van der Waals surface area contributed by atoms with Crippen molar-refractivity contribution in [3.05, 3.63) is 54.2 Å². The molecule has 1 aromatic carbocycles. The van der Waals surface area contributed by atoms with Crippen LogP contribution in [-0.2, 0) is 16.2 Å². The van der Waals surface area contributed by atoms with E-state index in [4.69, 9.17) is 4.74 Å². The molecule has 1 unspecified atom stereocenters. The maximum atomic E-state index is 12.5. The molecule has 3 rings (SSSR count). The quantitative estimate of drug-likeness (QED) is 0.908. The highest BCUT2D eigenvalue weighted by Crippen LogP contribution is 2.25. The third-order valence-electron chi connectivity index (χ3n) is 4.28. The summed E-state index contributed by atoms with van der Waals surface area (Å²) in [7, 11) is 1.76. The van der Waals surface area contributed by atoms with E-state index in [1.165, 1.54) is 0 Å². The summed E-state index contributed by atoms with van der Waals surface area (Å²) in [5.74, 6) is -0.109. The zero-order chi connectivity index (χ0) is 17.6. The summed E-state index contributed by atoms with van der Waals surface area (Å²) in [6, 6.07) is 13.2. The van der Waals surface area contributed by atoms with Gasteiger partial charge in [0.05, 0.1) is 0 Å². The van der Waals surface area contributed by atoms with Crippen molar-refractivity contribution in [3.63, 3.8) is 0 Å². The molecule has 1 aromatic heterocycles. The van der Waals surface area contributed by atoms with Crippen LogP contribution in [-0.4, -0.2) is 35.3 Å². The number of aromatic nitrogens is 1. The van der Waals surface area contributed by atoms with Gasteiger partial charge in [0, 0.05) is 32.1 Å². The number of hydrogen-bond donors (Lipinski definition) is 1. The van der Waals surface area contributed by atoms with Crippen LogP contribution in [0.5, 0.6) is 5.88 Å². The number of nitrogens with one attached hydrogen (secondary N) is 1. The number of pyridine rings is 1. The zero-order valence-electron chi connectivity index (χ0n) is 14.1. The van der Waals surface area contributed by atoms with Gasteiger partial charge in [0.15, 0.2) is 0 Å². The second-order valence-corrected chi connectivity index (χ2v) is 6.12. The molecule has 130 valence electrons. The Morgan fingerprint density at radius 2 is 2.08 bits per heavy atom. The molecule has 0 spiro atoms. The second kappa shape index (κ2) is 7.79. The fraction of sp³-hybridized carbons (Fsp3) is 0.316. The van der Waals surface area contributed by atoms with Gasteiger partial charge in [-0.2, -0.15) is 0 Å². The Morgan fingerprint density at radius 3 is 2.84 bits per heavy atom. The first-order valence-corrected chi connectivity index (χ1v) is 8.30. The number of carbonyl (C=O) groups excluding carboxylic acids is 2. The average molecular weight is 339 g/mol. The molecule has 1 atom stereocenters. The lowest BCUT2D eigenvalue weighted by molar-refractivity contribution is -0.137. The van der Waals surface area contributed by atoms with E-state index in [1.807, 2.05) is 30.3 Å². The summed E-state index contributed by atoms with van der Waals surface area (Å²) in [4.78, 5) is 30.1. The van der Waals surface area contributed by atoms with Crippen LogP contribution < -0.4 is 10.1 Å². The number of ether oxygens (including phenoxy) is 1. The van der Waals surface area contributed by atoms with Gasteiger partial charge in [-0.25, -0.2) is 4.98 Å². The van der Waals surface area contributed by atoms with Gasteiger partial charge in [-0.05, 0) is 24.1 Å². The number of benzene rings is 1. The molecule has 1 fully saturated rings. The summed E-state index contributed by atoms with van der Waals surface area (Å²) in [6.07, 6.45) is 2.52. The van der Waals surface area contributed by atoms with Gasteiger partial charge < -0.3 is 15.0 Å². The minimum absolute atomic E-state index is 0.00172. The van der Waals surface area contributed by atoms with Crippen LogP contribution in [0.1, 0.15) is 18.4 Å². The highest BCUT2D eigenvalue weighted by Gasteiger charge is 2.29. The summed E-state index contributed by atoms with van der Waals surface area (Å²) >= 11 is 0. The van der Waals surface area contributed by atoms with Gasteiger partial charge in [-0.1, -0.05) is 30.3 Å². The fourth-order valence-electron chi connectivity index (χ4n) is 2.73. The van der Waals surface area contributed by atoms with Crippen molar-refractivity contribution in [3.8, 4) is 5.88 Å². The Morgan fingerprint density at radius 1 is 1.28 bits per heavy atom. The SMILES string of the molecule is CN1CCC(C(=O)Nc2cccnc2OCc2ccccc2)CC1=O. The summed E-state index contributed by atoms with van der Waals surface area (Å²) in [6.45, 7) is 0.967. The molecule has 1 aliphatic heterocycles. The summed E-state index contributed by atoms with van der Waals surface area (Å²) < 4.78 is 5.75. The average Bonchev–Trinajstić information content (AvgIpc) is 2.64. The molecule has 2 heterocycles. The molecule has 6 heteroatoms. The molecule has 0 bridgehead atoms. The molecule has 0 saturated carbocycles. The molecule has 25 heavy (non-hydrogen) atoms. The van der Waals surface area contributed by atoms with Crippen molar-refractivity contribution < 1.29 is 14.3 Å². The van der Waals surface area contributed by atoms with Crippen LogP contribution in [0.2, 0.25) is 0 Å². The van der Waals surface area contributed by atoms with Crippen LogP contribution in [0.15, 0.2) is 48.7 Å². The number of amides is 2. The van der Waals surface area contributed by atoms with Crippen LogP contribution in [0.4, 0.5) is 5.69 Å². The first-order chi connectivity index (χ1) is 12.1. The van der Waals surface area contributed by atoms with Gasteiger partial charge in [-0.3, -0.25) is 9.59 Å². The van der Waals surface area contributed by atoms with Crippen molar-refractivity contribution in [1.29, 1.82) is 0 Å². The lowest BCUT2D eigenvalue weighted by atomic mass is 9.95. The highest BCUT2D eigenvalue weighted by atomic mass is 16.5. The normalized spacial score (nSPS) is 17.2. The number of piperidine rings is 1. The number of hydrogen-bond acceptors (Lipinski definition) is 4.